The fourth-order valence-corrected chi connectivity index (χ4v) is 14.8. The SMILES string of the molecule is c1ccc(-c2nc(-c3ccc(-c4cnc(-c5cccc(-c6nc(-c7ccc(-c8cccc9c8ccc8cc%10ccccc%10cc89)cc7)cc(-c7ccccc7-c7cccnc7)n6)c5)c5ccccc45)cc3)cc(-c3ccc(-c4cccc5c4ccc4cc6ccccc6cc45)cc3)n2)cc1. The van der Waals surface area contributed by atoms with Gasteiger partial charge in [0.25, 0.3) is 0 Å². The van der Waals surface area contributed by atoms with Gasteiger partial charge >= 0.3 is 0 Å². The minimum absolute atomic E-state index is 0.610. The van der Waals surface area contributed by atoms with Crippen molar-refractivity contribution >= 4 is 75.4 Å². The van der Waals surface area contributed by atoms with Gasteiger partial charge in [0.15, 0.2) is 11.6 Å². The number of rotatable bonds is 11. The molecule has 6 nitrogen and oxygen atoms in total. The predicted octanol–water partition coefficient (Wildman–Crippen LogP) is 24.5. The van der Waals surface area contributed by atoms with Gasteiger partial charge in [-0.25, -0.2) is 19.9 Å². The molecule has 0 spiro atoms. The molecular formula is C94H58N6. The topological polar surface area (TPSA) is 77.3 Å². The lowest BCUT2D eigenvalue weighted by atomic mass is 9.93. The summed E-state index contributed by atoms with van der Waals surface area (Å²) >= 11 is 0. The maximum Gasteiger partial charge on any atom is 0.160 e. The first-order valence-corrected chi connectivity index (χ1v) is 33.8. The summed E-state index contributed by atoms with van der Waals surface area (Å²) in [5.41, 5.74) is 19.7. The van der Waals surface area contributed by atoms with Crippen LogP contribution in [0.4, 0.5) is 0 Å². The lowest BCUT2D eigenvalue weighted by Crippen LogP contribution is -1.98. The Labute approximate surface area is 577 Å². The predicted molar refractivity (Wildman–Crippen MR) is 416 cm³/mol. The zero-order valence-electron chi connectivity index (χ0n) is 54.2. The van der Waals surface area contributed by atoms with E-state index in [0.717, 1.165) is 112 Å². The van der Waals surface area contributed by atoms with E-state index in [1.54, 1.807) is 0 Å². The van der Waals surface area contributed by atoms with E-state index in [4.69, 9.17) is 24.9 Å². The lowest BCUT2D eigenvalue weighted by Gasteiger charge is -2.15. The van der Waals surface area contributed by atoms with Gasteiger partial charge in [0.1, 0.15) is 0 Å². The van der Waals surface area contributed by atoms with Crippen molar-refractivity contribution < 1.29 is 0 Å². The highest BCUT2D eigenvalue weighted by Gasteiger charge is 2.20. The van der Waals surface area contributed by atoms with Gasteiger partial charge in [-0.15, -0.1) is 0 Å². The Balaban J connectivity index is 0.648. The summed E-state index contributed by atoms with van der Waals surface area (Å²) in [6.45, 7) is 0. The Morgan fingerprint density at radius 3 is 1.16 bits per heavy atom. The first kappa shape index (κ1) is 58.0. The van der Waals surface area contributed by atoms with Gasteiger partial charge in [0, 0.05) is 74.0 Å². The Hall–Kier alpha value is -13.4. The van der Waals surface area contributed by atoms with Crippen molar-refractivity contribution in [2.75, 3.05) is 0 Å². The quantitative estimate of drug-likeness (QED) is 0.0949. The molecule has 0 bridgehead atoms. The fourth-order valence-electron chi connectivity index (χ4n) is 14.8. The minimum Gasteiger partial charge on any atom is -0.264 e. The number of aromatic nitrogens is 6. The molecule has 0 aliphatic rings. The molecule has 0 fully saturated rings. The van der Waals surface area contributed by atoms with Crippen LogP contribution in [0.1, 0.15) is 0 Å². The summed E-state index contributed by atoms with van der Waals surface area (Å²) in [6.07, 6.45) is 5.73. The lowest BCUT2D eigenvalue weighted by molar-refractivity contribution is 1.18. The summed E-state index contributed by atoms with van der Waals surface area (Å²) in [6, 6.07) is 119. The van der Waals surface area contributed by atoms with Crippen LogP contribution in [0.15, 0.2) is 352 Å². The Morgan fingerprint density at radius 2 is 0.590 bits per heavy atom. The normalized spacial score (nSPS) is 11.6. The van der Waals surface area contributed by atoms with E-state index in [2.05, 4.69) is 314 Å². The molecule has 100 heavy (non-hydrogen) atoms. The van der Waals surface area contributed by atoms with E-state index in [-0.39, 0.29) is 0 Å². The Morgan fingerprint density at radius 1 is 0.180 bits per heavy atom. The third kappa shape index (κ3) is 10.5. The molecule has 0 atom stereocenters. The van der Waals surface area contributed by atoms with Crippen LogP contribution in [0, 0.1) is 0 Å². The number of nitrogens with zero attached hydrogens (tertiary/aromatic N) is 6. The monoisotopic (exact) mass is 1270 g/mol. The zero-order valence-corrected chi connectivity index (χ0v) is 54.2. The number of hydrogen-bond donors (Lipinski definition) is 0. The summed E-state index contributed by atoms with van der Waals surface area (Å²) in [4.78, 5) is 31.1. The van der Waals surface area contributed by atoms with Crippen LogP contribution in [0.2, 0.25) is 0 Å². The molecule has 0 amide bonds. The van der Waals surface area contributed by atoms with Gasteiger partial charge in [0.05, 0.1) is 28.5 Å². The molecule has 4 aromatic heterocycles. The molecule has 19 rings (SSSR count). The van der Waals surface area contributed by atoms with Crippen LogP contribution in [-0.2, 0) is 0 Å². The van der Waals surface area contributed by atoms with Gasteiger partial charge in [-0.05, 0) is 152 Å². The maximum atomic E-state index is 5.42. The van der Waals surface area contributed by atoms with E-state index in [0.29, 0.717) is 11.6 Å². The van der Waals surface area contributed by atoms with Gasteiger partial charge in [-0.2, -0.15) is 0 Å². The summed E-state index contributed by atoms with van der Waals surface area (Å²) < 4.78 is 0. The molecule has 0 aliphatic carbocycles. The molecule has 0 saturated carbocycles. The summed E-state index contributed by atoms with van der Waals surface area (Å²) in [5.74, 6) is 1.28. The van der Waals surface area contributed by atoms with Crippen molar-refractivity contribution in [1.29, 1.82) is 0 Å². The zero-order chi connectivity index (χ0) is 66.0. The van der Waals surface area contributed by atoms with Crippen LogP contribution in [0.25, 0.3) is 199 Å². The van der Waals surface area contributed by atoms with Crippen LogP contribution in [0.5, 0.6) is 0 Å². The second-order valence-corrected chi connectivity index (χ2v) is 25.7. The molecule has 0 saturated heterocycles. The third-order valence-electron chi connectivity index (χ3n) is 19.8. The van der Waals surface area contributed by atoms with Crippen LogP contribution < -0.4 is 0 Å². The van der Waals surface area contributed by atoms with E-state index in [1.165, 1.54) is 75.8 Å². The molecule has 464 valence electrons. The highest BCUT2D eigenvalue weighted by molar-refractivity contribution is 6.17. The van der Waals surface area contributed by atoms with Crippen LogP contribution in [0.3, 0.4) is 0 Å². The van der Waals surface area contributed by atoms with E-state index >= 15 is 0 Å². The number of fused-ring (bicyclic) bond motifs is 9. The average Bonchev–Trinajstić information content (AvgIpc) is 0.746. The highest BCUT2D eigenvalue weighted by Crippen LogP contribution is 2.42. The largest absolute Gasteiger partial charge is 0.264 e. The Bertz CT molecular complexity index is 6430. The third-order valence-corrected chi connectivity index (χ3v) is 19.8. The first-order valence-electron chi connectivity index (χ1n) is 33.8. The van der Waals surface area contributed by atoms with E-state index < -0.39 is 0 Å². The smallest absolute Gasteiger partial charge is 0.160 e. The molecule has 6 heteroatoms. The van der Waals surface area contributed by atoms with Crippen molar-refractivity contribution in [2.24, 2.45) is 0 Å². The molecule has 0 radical (unpaired) electrons. The molecular weight excluding hydrogens is 1210 g/mol. The van der Waals surface area contributed by atoms with Gasteiger partial charge in [0.2, 0.25) is 0 Å². The average molecular weight is 1270 g/mol. The molecule has 0 unspecified atom stereocenters. The fraction of sp³-hybridized carbons (Fsp3) is 0. The van der Waals surface area contributed by atoms with Gasteiger partial charge in [-0.1, -0.05) is 285 Å². The van der Waals surface area contributed by atoms with Crippen molar-refractivity contribution in [2.45, 2.75) is 0 Å². The summed E-state index contributed by atoms with van der Waals surface area (Å²) in [7, 11) is 0. The van der Waals surface area contributed by atoms with Crippen molar-refractivity contribution in [3.05, 3.63) is 352 Å². The minimum atomic E-state index is 0.610. The number of pyridine rings is 2. The molecule has 19 aromatic rings. The van der Waals surface area contributed by atoms with E-state index in [9.17, 15) is 0 Å². The van der Waals surface area contributed by atoms with Gasteiger partial charge in [-0.3, -0.25) is 9.97 Å². The number of hydrogen-bond acceptors (Lipinski definition) is 6. The molecule has 0 aliphatic heterocycles. The Kier molecular flexibility index (Phi) is 14.1. The number of benzene rings is 15. The van der Waals surface area contributed by atoms with Crippen LogP contribution in [-0.4, -0.2) is 29.9 Å². The van der Waals surface area contributed by atoms with Crippen molar-refractivity contribution in [3.63, 3.8) is 0 Å². The van der Waals surface area contributed by atoms with Gasteiger partial charge < -0.3 is 0 Å². The molecule has 15 aromatic carbocycles. The standard InChI is InChI=1S/C94H58N6/c1-2-16-65(17-3-1)93-97-88(62-39-33-59(34-40-62)75-29-13-31-78-81(75)47-45-70-50-66-18-4-6-20-68(66)53-85(70)78)55-89(98-93)63-43-37-61(38-44-63)87-58-96-92(84-28-11-9-26-80(84)87)72-22-12-23-73(52-72)94-99-90(56-91(100-94)83-27-10-8-25-77(83)74-24-15-49-95-57-74)64-41-35-60(36-42-64)76-30-14-32-79-82(76)48-46-71-51-67-19-5-7-21-69(67)54-86(71)79/h1-58H. The second-order valence-electron chi connectivity index (χ2n) is 25.7. The summed E-state index contributed by atoms with van der Waals surface area (Å²) in [5, 5.41) is 17.0. The second kappa shape index (κ2) is 24.3. The van der Waals surface area contributed by atoms with E-state index in [1.807, 2.05) is 42.9 Å². The van der Waals surface area contributed by atoms with Crippen molar-refractivity contribution in [1.82, 2.24) is 29.9 Å². The first-order chi connectivity index (χ1) is 49.5. The molecule has 0 N–H and O–H groups in total. The van der Waals surface area contributed by atoms with Crippen molar-refractivity contribution in [3.8, 4) is 124 Å². The molecule has 4 heterocycles. The van der Waals surface area contributed by atoms with Crippen LogP contribution >= 0.6 is 0 Å². The maximum absolute atomic E-state index is 5.42. The highest BCUT2D eigenvalue weighted by atomic mass is 14.9.